The van der Waals surface area contributed by atoms with Crippen molar-refractivity contribution >= 4 is 10.0 Å². The van der Waals surface area contributed by atoms with E-state index in [0.717, 1.165) is 0 Å². The van der Waals surface area contributed by atoms with Gasteiger partial charge in [-0.15, -0.1) is 0 Å². The lowest BCUT2D eigenvalue weighted by atomic mass is 10.1. The Hall–Kier alpha value is -0.950. The van der Waals surface area contributed by atoms with E-state index in [1.807, 2.05) is 6.92 Å². The Balaban J connectivity index is 2.72. The Morgan fingerprint density at radius 3 is 2.74 bits per heavy atom. The highest BCUT2D eigenvalue weighted by Crippen LogP contribution is 2.18. The fourth-order valence-corrected chi connectivity index (χ4v) is 3.09. The molecule has 1 aromatic carbocycles. The molecule has 0 atom stereocenters. The molecule has 0 aliphatic rings. The van der Waals surface area contributed by atoms with Gasteiger partial charge in [0, 0.05) is 19.8 Å². The van der Waals surface area contributed by atoms with Crippen LogP contribution in [-0.4, -0.2) is 33.3 Å². The fraction of sp³-hybridized carbons (Fsp3) is 0.538. The first kappa shape index (κ1) is 16.1. The topological polar surface area (TPSA) is 75.6 Å². The fourth-order valence-electron chi connectivity index (χ4n) is 1.73. The third-order valence-electron chi connectivity index (χ3n) is 2.82. The van der Waals surface area contributed by atoms with E-state index in [1.165, 1.54) is 0 Å². The number of rotatable bonds is 8. The number of benzene rings is 1. The largest absolute Gasteiger partial charge is 0.392 e. The average Bonchev–Trinajstić information content (AvgIpc) is 2.38. The quantitative estimate of drug-likeness (QED) is 0.704. The highest BCUT2D eigenvalue weighted by atomic mass is 32.2. The Labute approximate surface area is 114 Å². The third-order valence-corrected chi connectivity index (χ3v) is 4.42. The molecule has 0 bridgehead atoms. The highest BCUT2D eigenvalue weighted by molar-refractivity contribution is 7.89. The van der Waals surface area contributed by atoms with Crippen LogP contribution in [0, 0.1) is 6.92 Å². The first-order chi connectivity index (χ1) is 9.03. The number of nitrogens with one attached hydrogen (secondary N) is 1. The van der Waals surface area contributed by atoms with Gasteiger partial charge in [0.2, 0.25) is 10.0 Å². The van der Waals surface area contributed by atoms with Crippen molar-refractivity contribution in [2.45, 2.75) is 31.8 Å². The summed E-state index contributed by atoms with van der Waals surface area (Å²) in [6, 6.07) is 4.89. The molecule has 0 unspecified atom stereocenters. The molecule has 19 heavy (non-hydrogen) atoms. The van der Waals surface area contributed by atoms with Gasteiger partial charge in [0.25, 0.3) is 0 Å². The molecule has 108 valence electrons. The minimum atomic E-state index is -3.53. The minimum Gasteiger partial charge on any atom is -0.392 e. The Morgan fingerprint density at radius 1 is 1.37 bits per heavy atom. The van der Waals surface area contributed by atoms with Crippen LogP contribution in [-0.2, 0) is 21.4 Å². The van der Waals surface area contributed by atoms with Crippen LogP contribution in [0.5, 0.6) is 0 Å². The second-order valence-corrected chi connectivity index (χ2v) is 5.88. The predicted octanol–water partition coefficient (Wildman–Crippen LogP) is 1.19. The van der Waals surface area contributed by atoms with E-state index >= 15 is 0 Å². The molecule has 5 nitrogen and oxygen atoms in total. The van der Waals surface area contributed by atoms with Gasteiger partial charge in [-0.2, -0.15) is 0 Å². The maximum Gasteiger partial charge on any atom is 0.240 e. The van der Waals surface area contributed by atoms with E-state index in [1.54, 1.807) is 25.1 Å². The standard InChI is InChI=1S/C13H21NO4S/c1-3-18-9-5-8-14-19(16,17)13-7-4-6-12(10-15)11(13)2/h4,6-7,14-15H,3,5,8-10H2,1-2H3. The van der Waals surface area contributed by atoms with E-state index in [2.05, 4.69) is 4.72 Å². The monoisotopic (exact) mass is 287 g/mol. The van der Waals surface area contributed by atoms with E-state index < -0.39 is 10.0 Å². The molecule has 0 saturated heterocycles. The molecule has 0 aliphatic heterocycles. The summed E-state index contributed by atoms with van der Waals surface area (Å²) in [6.45, 7) is 4.93. The van der Waals surface area contributed by atoms with Gasteiger partial charge in [-0.25, -0.2) is 13.1 Å². The Morgan fingerprint density at radius 2 is 2.11 bits per heavy atom. The number of aliphatic hydroxyl groups is 1. The molecular formula is C13H21NO4S. The summed E-state index contributed by atoms with van der Waals surface area (Å²) in [5, 5.41) is 9.15. The van der Waals surface area contributed by atoms with Crippen molar-refractivity contribution in [3.05, 3.63) is 29.3 Å². The van der Waals surface area contributed by atoms with Gasteiger partial charge in [-0.05, 0) is 37.5 Å². The van der Waals surface area contributed by atoms with Gasteiger partial charge >= 0.3 is 0 Å². The number of aliphatic hydroxyl groups excluding tert-OH is 1. The zero-order valence-electron chi connectivity index (χ0n) is 11.3. The summed E-state index contributed by atoms with van der Waals surface area (Å²) in [6.07, 6.45) is 0.631. The van der Waals surface area contributed by atoms with Crippen molar-refractivity contribution in [2.24, 2.45) is 0 Å². The van der Waals surface area contributed by atoms with E-state index in [0.29, 0.717) is 37.3 Å². The van der Waals surface area contributed by atoms with Crippen molar-refractivity contribution < 1.29 is 18.3 Å². The molecule has 1 aromatic rings. The third kappa shape index (κ3) is 4.58. The smallest absolute Gasteiger partial charge is 0.240 e. The lowest BCUT2D eigenvalue weighted by Gasteiger charge is -2.11. The lowest BCUT2D eigenvalue weighted by molar-refractivity contribution is 0.146. The molecule has 0 aliphatic carbocycles. The van der Waals surface area contributed by atoms with Crippen LogP contribution in [0.1, 0.15) is 24.5 Å². The van der Waals surface area contributed by atoms with Crippen LogP contribution in [0.15, 0.2) is 23.1 Å². The summed E-state index contributed by atoms with van der Waals surface area (Å²) in [5.74, 6) is 0. The second-order valence-electron chi connectivity index (χ2n) is 4.15. The molecule has 0 aromatic heterocycles. The lowest BCUT2D eigenvalue weighted by Crippen LogP contribution is -2.26. The summed E-state index contributed by atoms with van der Waals surface area (Å²) < 4.78 is 31.9. The highest BCUT2D eigenvalue weighted by Gasteiger charge is 2.17. The van der Waals surface area contributed by atoms with Gasteiger partial charge in [0.15, 0.2) is 0 Å². The number of sulfonamides is 1. The van der Waals surface area contributed by atoms with E-state index in [9.17, 15) is 8.42 Å². The molecule has 0 heterocycles. The molecular weight excluding hydrogens is 266 g/mol. The van der Waals surface area contributed by atoms with Crippen molar-refractivity contribution in [3.8, 4) is 0 Å². The summed E-state index contributed by atoms with van der Waals surface area (Å²) in [5.41, 5.74) is 1.21. The van der Waals surface area contributed by atoms with Gasteiger partial charge < -0.3 is 9.84 Å². The summed E-state index contributed by atoms with van der Waals surface area (Å²) in [4.78, 5) is 0.218. The molecule has 0 fully saturated rings. The molecule has 0 radical (unpaired) electrons. The predicted molar refractivity (Wildman–Crippen MR) is 73.4 cm³/mol. The normalized spacial score (nSPS) is 11.7. The number of ether oxygens (including phenoxy) is 1. The number of hydrogen-bond donors (Lipinski definition) is 2. The maximum atomic E-state index is 12.1. The second kappa shape index (κ2) is 7.59. The SMILES string of the molecule is CCOCCCNS(=O)(=O)c1cccc(CO)c1C. The summed E-state index contributed by atoms with van der Waals surface area (Å²) in [7, 11) is -3.53. The van der Waals surface area contributed by atoms with Gasteiger partial charge in [0.1, 0.15) is 0 Å². The molecule has 1 rings (SSSR count). The molecule has 0 spiro atoms. The van der Waals surface area contributed by atoms with Crippen LogP contribution in [0.3, 0.4) is 0 Å². The van der Waals surface area contributed by atoms with Crippen LogP contribution >= 0.6 is 0 Å². The minimum absolute atomic E-state index is 0.167. The molecule has 0 saturated carbocycles. The van der Waals surface area contributed by atoms with Crippen LogP contribution in [0.4, 0.5) is 0 Å². The molecule has 6 heteroatoms. The van der Waals surface area contributed by atoms with Crippen molar-refractivity contribution in [1.82, 2.24) is 4.72 Å². The van der Waals surface area contributed by atoms with Crippen molar-refractivity contribution in [1.29, 1.82) is 0 Å². The van der Waals surface area contributed by atoms with Crippen molar-refractivity contribution in [2.75, 3.05) is 19.8 Å². The van der Waals surface area contributed by atoms with Crippen molar-refractivity contribution in [3.63, 3.8) is 0 Å². The van der Waals surface area contributed by atoms with Gasteiger partial charge in [0.05, 0.1) is 11.5 Å². The average molecular weight is 287 g/mol. The Kier molecular flexibility index (Phi) is 6.44. The van der Waals surface area contributed by atoms with Crippen LogP contribution in [0.2, 0.25) is 0 Å². The first-order valence-electron chi connectivity index (χ1n) is 6.29. The van der Waals surface area contributed by atoms with E-state index in [4.69, 9.17) is 9.84 Å². The summed E-state index contributed by atoms with van der Waals surface area (Å²) >= 11 is 0. The van der Waals surface area contributed by atoms with Gasteiger partial charge in [-0.1, -0.05) is 12.1 Å². The molecule has 0 amide bonds. The maximum absolute atomic E-state index is 12.1. The first-order valence-corrected chi connectivity index (χ1v) is 7.78. The van der Waals surface area contributed by atoms with E-state index in [-0.39, 0.29) is 11.5 Å². The van der Waals surface area contributed by atoms with Crippen LogP contribution in [0.25, 0.3) is 0 Å². The van der Waals surface area contributed by atoms with Crippen LogP contribution < -0.4 is 4.72 Å². The Bertz CT molecular complexity index is 499. The van der Waals surface area contributed by atoms with Gasteiger partial charge in [-0.3, -0.25) is 0 Å². The zero-order chi connectivity index (χ0) is 14.3. The number of hydrogen-bond acceptors (Lipinski definition) is 4. The molecule has 2 N–H and O–H groups in total. The zero-order valence-corrected chi connectivity index (χ0v) is 12.2.